The Kier molecular flexibility index (Phi) is 8.96. The average Bonchev–Trinajstić information content (AvgIpc) is 2.15. The molecule has 0 saturated heterocycles. The van der Waals surface area contributed by atoms with Gasteiger partial charge in [-0.1, -0.05) is 27.7 Å². The fraction of sp³-hybridized carbons (Fsp3) is 1.00. The summed E-state index contributed by atoms with van der Waals surface area (Å²) in [6, 6.07) is 0.711. The van der Waals surface area contributed by atoms with Crippen molar-refractivity contribution >= 4 is 0 Å². The molecular formula is C14H32N2. The molecule has 0 aromatic rings. The second-order valence-electron chi connectivity index (χ2n) is 5.92. The lowest BCUT2D eigenvalue weighted by Gasteiger charge is -2.26. The van der Waals surface area contributed by atoms with Crippen LogP contribution >= 0.6 is 0 Å². The molecule has 0 radical (unpaired) electrons. The Bertz CT molecular complexity index is 155. The van der Waals surface area contributed by atoms with E-state index in [1.807, 2.05) is 0 Å². The Morgan fingerprint density at radius 1 is 1.00 bits per heavy atom. The molecule has 0 fully saturated rings. The quantitative estimate of drug-likeness (QED) is 0.610. The van der Waals surface area contributed by atoms with Gasteiger partial charge in [-0.15, -0.1) is 0 Å². The van der Waals surface area contributed by atoms with Crippen LogP contribution in [0.3, 0.4) is 0 Å². The normalized spacial score (nSPS) is 14.1. The van der Waals surface area contributed by atoms with E-state index in [-0.39, 0.29) is 0 Å². The van der Waals surface area contributed by atoms with E-state index in [4.69, 9.17) is 0 Å². The topological polar surface area (TPSA) is 15.3 Å². The van der Waals surface area contributed by atoms with Crippen molar-refractivity contribution in [3.05, 3.63) is 0 Å². The van der Waals surface area contributed by atoms with Crippen molar-refractivity contribution in [1.29, 1.82) is 0 Å². The molecule has 1 atom stereocenters. The van der Waals surface area contributed by atoms with E-state index in [1.165, 1.54) is 19.4 Å². The minimum absolute atomic E-state index is 0.711. The highest BCUT2D eigenvalue weighted by Gasteiger charge is 2.09. The third-order valence-corrected chi connectivity index (χ3v) is 2.93. The molecule has 1 N–H and O–H groups in total. The van der Waals surface area contributed by atoms with Gasteiger partial charge in [-0.05, 0) is 51.7 Å². The Balaban J connectivity index is 3.45. The molecule has 0 aliphatic heterocycles. The van der Waals surface area contributed by atoms with Crippen LogP contribution in [0.15, 0.2) is 0 Å². The second kappa shape index (κ2) is 9.00. The molecule has 0 aliphatic rings. The Labute approximate surface area is 103 Å². The number of nitrogens with zero attached hydrogens (tertiary/aromatic N) is 1. The van der Waals surface area contributed by atoms with Crippen molar-refractivity contribution in [2.24, 2.45) is 11.8 Å². The summed E-state index contributed by atoms with van der Waals surface area (Å²) in [7, 11) is 2.24. The minimum Gasteiger partial charge on any atom is -0.316 e. The molecule has 0 aliphatic carbocycles. The highest BCUT2D eigenvalue weighted by atomic mass is 15.1. The first-order valence-electron chi connectivity index (χ1n) is 6.84. The number of hydrogen-bond donors (Lipinski definition) is 1. The maximum atomic E-state index is 3.50. The number of nitrogens with one attached hydrogen (secondary N) is 1. The lowest BCUT2D eigenvalue weighted by atomic mass is 10.1. The smallest absolute Gasteiger partial charge is 0.00644 e. The summed E-state index contributed by atoms with van der Waals surface area (Å²) in [6.45, 7) is 14.9. The van der Waals surface area contributed by atoms with Gasteiger partial charge in [0.05, 0.1) is 0 Å². The summed E-state index contributed by atoms with van der Waals surface area (Å²) in [5.41, 5.74) is 0. The van der Waals surface area contributed by atoms with Crippen LogP contribution in [-0.2, 0) is 0 Å². The van der Waals surface area contributed by atoms with Crippen molar-refractivity contribution in [2.75, 3.05) is 26.7 Å². The maximum Gasteiger partial charge on any atom is 0.00644 e. The average molecular weight is 228 g/mol. The molecule has 0 rings (SSSR count). The lowest BCUT2D eigenvalue weighted by molar-refractivity contribution is 0.218. The van der Waals surface area contributed by atoms with E-state index in [0.717, 1.165) is 24.9 Å². The van der Waals surface area contributed by atoms with Gasteiger partial charge in [0.25, 0.3) is 0 Å². The van der Waals surface area contributed by atoms with E-state index in [2.05, 4.69) is 51.9 Å². The Morgan fingerprint density at radius 2 is 1.62 bits per heavy atom. The number of hydrogen-bond acceptors (Lipinski definition) is 2. The van der Waals surface area contributed by atoms with Gasteiger partial charge in [0, 0.05) is 12.6 Å². The second-order valence-corrected chi connectivity index (χ2v) is 5.92. The third kappa shape index (κ3) is 9.17. The van der Waals surface area contributed by atoms with Crippen molar-refractivity contribution in [2.45, 2.75) is 53.5 Å². The molecule has 16 heavy (non-hydrogen) atoms. The highest BCUT2D eigenvalue weighted by molar-refractivity contribution is 4.65. The zero-order chi connectivity index (χ0) is 12.6. The van der Waals surface area contributed by atoms with E-state index in [0.29, 0.717) is 6.04 Å². The van der Waals surface area contributed by atoms with Gasteiger partial charge in [-0.3, -0.25) is 0 Å². The van der Waals surface area contributed by atoms with Gasteiger partial charge in [-0.25, -0.2) is 0 Å². The minimum atomic E-state index is 0.711. The Morgan fingerprint density at radius 3 is 2.12 bits per heavy atom. The van der Waals surface area contributed by atoms with E-state index in [1.54, 1.807) is 0 Å². The lowest BCUT2D eigenvalue weighted by Crippen LogP contribution is -2.33. The predicted octanol–water partition coefficient (Wildman–Crippen LogP) is 2.99. The molecule has 0 aromatic carbocycles. The van der Waals surface area contributed by atoms with Crippen molar-refractivity contribution in [3.63, 3.8) is 0 Å². The SMILES string of the molecule is CC(C)CNCCCC(C)N(C)CC(C)C. The van der Waals surface area contributed by atoms with Crippen LogP contribution < -0.4 is 5.32 Å². The first kappa shape index (κ1) is 15.9. The van der Waals surface area contributed by atoms with Gasteiger partial charge in [0.15, 0.2) is 0 Å². The molecule has 0 bridgehead atoms. The fourth-order valence-electron chi connectivity index (χ4n) is 1.89. The maximum absolute atomic E-state index is 3.50. The first-order chi connectivity index (χ1) is 7.43. The number of rotatable bonds is 9. The van der Waals surface area contributed by atoms with Crippen LogP contribution in [0, 0.1) is 11.8 Å². The van der Waals surface area contributed by atoms with Crippen LogP contribution in [0.1, 0.15) is 47.5 Å². The monoisotopic (exact) mass is 228 g/mol. The van der Waals surface area contributed by atoms with Crippen LogP contribution in [0.25, 0.3) is 0 Å². The molecule has 2 heteroatoms. The summed E-state index contributed by atoms with van der Waals surface area (Å²) in [5, 5.41) is 3.50. The molecule has 0 heterocycles. The molecular weight excluding hydrogens is 196 g/mol. The van der Waals surface area contributed by atoms with Crippen molar-refractivity contribution in [1.82, 2.24) is 10.2 Å². The predicted molar refractivity (Wildman–Crippen MR) is 73.9 cm³/mol. The summed E-state index contributed by atoms with van der Waals surface area (Å²) < 4.78 is 0. The van der Waals surface area contributed by atoms with Crippen molar-refractivity contribution < 1.29 is 0 Å². The van der Waals surface area contributed by atoms with Gasteiger partial charge < -0.3 is 10.2 Å². The zero-order valence-corrected chi connectivity index (χ0v) is 12.2. The zero-order valence-electron chi connectivity index (χ0n) is 12.2. The molecule has 98 valence electrons. The van der Waals surface area contributed by atoms with Crippen molar-refractivity contribution in [3.8, 4) is 0 Å². The van der Waals surface area contributed by atoms with Gasteiger partial charge in [-0.2, -0.15) is 0 Å². The van der Waals surface area contributed by atoms with Gasteiger partial charge in [0.1, 0.15) is 0 Å². The Hall–Kier alpha value is -0.0800. The van der Waals surface area contributed by atoms with Gasteiger partial charge in [0.2, 0.25) is 0 Å². The molecule has 0 saturated carbocycles. The van der Waals surface area contributed by atoms with E-state index in [9.17, 15) is 0 Å². The summed E-state index contributed by atoms with van der Waals surface area (Å²) >= 11 is 0. The fourth-order valence-corrected chi connectivity index (χ4v) is 1.89. The highest BCUT2D eigenvalue weighted by Crippen LogP contribution is 2.06. The van der Waals surface area contributed by atoms with Crippen LogP contribution in [-0.4, -0.2) is 37.6 Å². The van der Waals surface area contributed by atoms with Crippen LogP contribution in [0.5, 0.6) is 0 Å². The van der Waals surface area contributed by atoms with Crippen LogP contribution in [0.2, 0.25) is 0 Å². The van der Waals surface area contributed by atoms with E-state index < -0.39 is 0 Å². The van der Waals surface area contributed by atoms with Gasteiger partial charge >= 0.3 is 0 Å². The third-order valence-electron chi connectivity index (χ3n) is 2.93. The molecule has 0 amide bonds. The van der Waals surface area contributed by atoms with Crippen LogP contribution in [0.4, 0.5) is 0 Å². The largest absolute Gasteiger partial charge is 0.316 e. The summed E-state index contributed by atoms with van der Waals surface area (Å²) in [5.74, 6) is 1.53. The standard InChI is InChI=1S/C14H32N2/c1-12(2)10-15-9-7-8-14(5)16(6)11-13(3)4/h12-15H,7-11H2,1-6H3. The molecule has 1 unspecified atom stereocenters. The first-order valence-corrected chi connectivity index (χ1v) is 6.84. The molecule has 0 aromatic heterocycles. The summed E-state index contributed by atoms with van der Waals surface area (Å²) in [4.78, 5) is 2.48. The molecule has 2 nitrogen and oxygen atoms in total. The summed E-state index contributed by atoms with van der Waals surface area (Å²) in [6.07, 6.45) is 2.59. The van der Waals surface area contributed by atoms with E-state index >= 15 is 0 Å². The molecule has 0 spiro atoms.